The minimum atomic E-state index is -0.628. The third-order valence-corrected chi connectivity index (χ3v) is 3.69. The zero-order valence-corrected chi connectivity index (χ0v) is 11.3. The van der Waals surface area contributed by atoms with Crippen molar-refractivity contribution in [2.75, 3.05) is 11.5 Å². The Labute approximate surface area is 110 Å². The van der Waals surface area contributed by atoms with Crippen LogP contribution in [0.5, 0.6) is 0 Å². The molecule has 0 atom stereocenters. The summed E-state index contributed by atoms with van der Waals surface area (Å²) in [5.74, 6) is -0.683. The van der Waals surface area contributed by atoms with E-state index in [-0.39, 0.29) is 10.6 Å². The molecule has 0 saturated heterocycles. The van der Waals surface area contributed by atoms with Crippen LogP contribution in [0.3, 0.4) is 0 Å². The lowest BCUT2D eigenvalue weighted by Crippen LogP contribution is -2.07. The molecule has 0 aliphatic carbocycles. The molecule has 1 aromatic rings. The Balaban J connectivity index is 2.53. The summed E-state index contributed by atoms with van der Waals surface area (Å²) in [6.07, 6.45) is 1.43. The van der Waals surface area contributed by atoms with Gasteiger partial charge < -0.3 is 5.73 Å². The molecule has 0 bridgehead atoms. The minimum absolute atomic E-state index is 0.000959. The van der Waals surface area contributed by atoms with Gasteiger partial charge in [-0.2, -0.15) is 5.26 Å². The maximum Gasteiger partial charge on any atom is 0.141 e. The standard InChI is InChI=1S/C13H16F2N2S/c1-13(2,8-16)4-3-5-18-12-10(14)6-9(17)7-11(12)15/h6-7H,3-5,17H2,1-2H3. The molecule has 1 aromatic carbocycles. The SMILES string of the molecule is CC(C)(C#N)CCCSc1c(F)cc(N)cc1F. The normalized spacial score (nSPS) is 11.3. The van der Waals surface area contributed by atoms with Gasteiger partial charge in [0.1, 0.15) is 11.6 Å². The number of halogens is 2. The second-order valence-electron chi connectivity index (χ2n) is 4.76. The number of nitrogens with zero attached hydrogens (tertiary/aromatic N) is 1. The molecule has 0 fully saturated rings. The van der Waals surface area contributed by atoms with Gasteiger partial charge in [-0.15, -0.1) is 11.8 Å². The van der Waals surface area contributed by atoms with Crippen molar-refractivity contribution >= 4 is 17.4 Å². The largest absolute Gasteiger partial charge is 0.399 e. The zero-order chi connectivity index (χ0) is 13.8. The first-order valence-electron chi connectivity index (χ1n) is 5.64. The molecule has 0 radical (unpaired) electrons. The highest BCUT2D eigenvalue weighted by Gasteiger charge is 2.16. The van der Waals surface area contributed by atoms with Gasteiger partial charge in [-0.1, -0.05) is 0 Å². The highest BCUT2D eigenvalue weighted by molar-refractivity contribution is 7.99. The quantitative estimate of drug-likeness (QED) is 0.500. The average molecular weight is 270 g/mol. The molecule has 98 valence electrons. The van der Waals surface area contributed by atoms with E-state index in [9.17, 15) is 8.78 Å². The van der Waals surface area contributed by atoms with Crippen molar-refractivity contribution in [3.8, 4) is 6.07 Å². The van der Waals surface area contributed by atoms with Crippen LogP contribution in [-0.2, 0) is 0 Å². The van der Waals surface area contributed by atoms with E-state index >= 15 is 0 Å². The number of hydrogen-bond acceptors (Lipinski definition) is 3. The fraction of sp³-hybridized carbons (Fsp3) is 0.462. The first kappa shape index (κ1) is 14.8. The number of benzene rings is 1. The molecule has 0 heterocycles. The van der Waals surface area contributed by atoms with Crippen molar-refractivity contribution in [1.82, 2.24) is 0 Å². The lowest BCUT2D eigenvalue weighted by Gasteiger charge is -2.14. The number of rotatable bonds is 5. The molecule has 0 aliphatic heterocycles. The van der Waals surface area contributed by atoms with Gasteiger partial charge >= 0.3 is 0 Å². The zero-order valence-electron chi connectivity index (χ0n) is 10.5. The van der Waals surface area contributed by atoms with E-state index in [1.54, 1.807) is 0 Å². The summed E-state index contributed by atoms with van der Waals surface area (Å²) in [4.78, 5) is -0.000959. The highest BCUT2D eigenvalue weighted by atomic mass is 32.2. The summed E-state index contributed by atoms with van der Waals surface area (Å²) in [6.45, 7) is 3.70. The molecule has 0 unspecified atom stereocenters. The maximum absolute atomic E-state index is 13.4. The molecule has 5 heteroatoms. The smallest absolute Gasteiger partial charge is 0.141 e. The molecule has 18 heavy (non-hydrogen) atoms. The lowest BCUT2D eigenvalue weighted by molar-refractivity contribution is 0.447. The molecule has 0 aliphatic rings. The van der Waals surface area contributed by atoms with Gasteiger partial charge in [0.15, 0.2) is 0 Å². The molecule has 0 aromatic heterocycles. The summed E-state index contributed by atoms with van der Waals surface area (Å²) >= 11 is 1.12. The predicted molar refractivity (Wildman–Crippen MR) is 70.1 cm³/mol. The number of nitrogens with two attached hydrogens (primary N) is 1. The fourth-order valence-electron chi connectivity index (χ4n) is 1.46. The Morgan fingerprint density at radius 3 is 2.39 bits per heavy atom. The number of nitrogen functional groups attached to an aromatic ring is 1. The Hall–Kier alpha value is -1.28. The second kappa shape index (κ2) is 6.05. The van der Waals surface area contributed by atoms with E-state index in [1.807, 2.05) is 13.8 Å². The summed E-state index contributed by atoms with van der Waals surface area (Å²) in [7, 11) is 0. The van der Waals surface area contributed by atoms with E-state index in [2.05, 4.69) is 6.07 Å². The summed E-state index contributed by atoms with van der Waals surface area (Å²) in [5, 5.41) is 8.84. The summed E-state index contributed by atoms with van der Waals surface area (Å²) in [5.41, 5.74) is 5.03. The van der Waals surface area contributed by atoms with Crippen LogP contribution in [0.25, 0.3) is 0 Å². The van der Waals surface area contributed by atoms with Crippen LogP contribution in [0.2, 0.25) is 0 Å². The average Bonchev–Trinajstić information content (AvgIpc) is 2.26. The van der Waals surface area contributed by atoms with Crippen LogP contribution in [0.15, 0.2) is 17.0 Å². The van der Waals surface area contributed by atoms with E-state index in [0.29, 0.717) is 12.2 Å². The summed E-state index contributed by atoms with van der Waals surface area (Å²) in [6, 6.07) is 4.43. The Morgan fingerprint density at radius 1 is 1.33 bits per heavy atom. The molecule has 0 saturated carbocycles. The molecule has 1 rings (SSSR count). The van der Waals surface area contributed by atoms with Crippen LogP contribution in [0.4, 0.5) is 14.5 Å². The highest BCUT2D eigenvalue weighted by Crippen LogP contribution is 2.29. The van der Waals surface area contributed by atoms with Crippen LogP contribution in [-0.4, -0.2) is 5.75 Å². The first-order chi connectivity index (χ1) is 8.35. The first-order valence-corrected chi connectivity index (χ1v) is 6.63. The second-order valence-corrected chi connectivity index (χ2v) is 5.87. The third-order valence-electron chi connectivity index (χ3n) is 2.52. The molecule has 2 N–H and O–H groups in total. The van der Waals surface area contributed by atoms with Crippen molar-refractivity contribution in [2.24, 2.45) is 5.41 Å². The monoisotopic (exact) mass is 270 g/mol. The van der Waals surface area contributed by atoms with Crippen molar-refractivity contribution < 1.29 is 8.78 Å². The topological polar surface area (TPSA) is 49.8 Å². The number of nitriles is 1. The number of thioether (sulfide) groups is 1. The Bertz CT molecular complexity index is 444. The molecule has 0 spiro atoms. The van der Waals surface area contributed by atoms with Gasteiger partial charge in [0.05, 0.1) is 16.4 Å². The minimum Gasteiger partial charge on any atom is -0.399 e. The molecular formula is C13H16F2N2S. The van der Waals surface area contributed by atoms with E-state index in [4.69, 9.17) is 11.0 Å². The van der Waals surface area contributed by atoms with Crippen LogP contribution < -0.4 is 5.73 Å². The van der Waals surface area contributed by atoms with Gasteiger partial charge in [0.2, 0.25) is 0 Å². The van der Waals surface area contributed by atoms with Gasteiger partial charge in [0.25, 0.3) is 0 Å². The van der Waals surface area contributed by atoms with Crippen LogP contribution in [0, 0.1) is 28.4 Å². The van der Waals surface area contributed by atoms with Crippen LogP contribution >= 0.6 is 11.8 Å². The number of hydrogen-bond donors (Lipinski definition) is 1. The van der Waals surface area contributed by atoms with Gasteiger partial charge in [-0.05, 0) is 44.6 Å². The Kier molecular flexibility index (Phi) is 4.97. The van der Waals surface area contributed by atoms with Crippen molar-refractivity contribution in [2.45, 2.75) is 31.6 Å². The summed E-state index contributed by atoms with van der Waals surface area (Å²) < 4.78 is 26.9. The molecular weight excluding hydrogens is 254 g/mol. The van der Waals surface area contributed by atoms with E-state index in [1.165, 1.54) is 0 Å². The van der Waals surface area contributed by atoms with Gasteiger partial charge in [-0.25, -0.2) is 8.78 Å². The maximum atomic E-state index is 13.4. The number of anilines is 1. The predicted octanol–water partition coefficient (Wildman–Crippen LogP) is 3.97. The van der Waals surface area contributed by atoms with Crippen molar-refractivity contribution in [1.29, 1.82) is 5.26 Å². The lowest BCUT2D eigenvalue weighted by atomic mass is 9.90. The van der Waals surface area contributed by atoms with Crippen molar-refractivity contribution in [3.63, 3.8) is 0 Å². The van der Waals surface area contributed by atoms with Crippen LogP contribution in [0.1, 0.15) is 26.7 Å². The third kappa shape index (κ3) is 4.19. The van der Waals surface area contributed by atoms with Gasteiger partial charge in [0, 0.05) is 5.69 Å². The Morgan fingerprint density at radius 2 is 1.89 bits per heavy atom. The fourth-order valence-corrected chi connectivity index (χ4v) is 2.35. The van der Waals surface area contributed by atoms with Gasteiger partial charge in [-0.3, -0.25) is 0 Å². The van der Waals surface area contributed by atoms with E-state index in [0.717, 1.165) is 30.3 Å². The van der Waals surface area contributed by atoms with E-state index < -0.39 is 17.0 Å². The van der Waals surface area contributed by atoms with Crippen molar-refractivity contribution in [3.05, 3.63) is 23.8 Å². The molecule has 2 nitrogen and oxygen atoms in total. The molecule has 0 amide bonds.